The van der Waals surface area contributed by atoms with E-state index in [1.54, 1.807) is 0 Å². The van der Waals surface area contributed by atoms with Crippen molar-refractivity contribution in [3.05, 3.63) is 58.6 Å². The Kier molecular flexibility index (Phi) is 5.90. The first-order chi connectivity index (χ1) is 10.5. The first-order valence-corrected chi connectivity index (χ1v) is 8.38. The summed E-state index contributed by atoms with van der Waals surface area (Å²) in [5.41, 5.74) is 2.49. The fourth-order valence-electron chi connectivity index (χ4n) is 2.62. The number of hydrogen-bond acceptors (Lipinski definition) is 1. The molecule has 0 heterocycles. The molecule has 0 saturated carbocycles. The van der Waals surface area contributed by atoms with Gasteiger partial charge in [0.1, 0.15) is 11.5 Å². The molecule has 118 valence electrons. The van der Waals surface area contributed by atoms with Crippen molar-refractivity contribution in [3.8, 4) is 11.5 Å². The van der Waals surface area contributed by atoms with Crippen LogP contribution >= 0.6 is 11.6 Å². The summed E-state index contributed by atoms with van der Waals surface area (Å²) in [6.07, 6.45) is 1.96. The molecular weight excluding hydrogens is 292 g/mol. The van der Waals surface area contributed by atoms with Gasteiger partial charge >= 0.3 is 0 Å². The van der Waals surface area contributed by atoms with Gasteiger partial charge in [-0.15, -0.1) is 0 Å². The average Bonchev–Trinajstić information content (AvgIpc) is 2.46. The summed E-state index contributed by atoms with van der Waals surface area (Å²) in [4.78, 5) is 0. The Morgan fingerprint density at radius 3 is 2.00 bits per heavy atom. The molecule has 0 aliphatic rings. The van der Waals surface area contributed by atoms with Gasteiger partial charge in [-0.05, 0) is 60.1 Å². The summed E-state index contributed by atoms with van der Waals surface area (Å²) in [5.74, 6) is 2.92. The number of para-hydroxylation sites is 1. The number of benzene rings is 2. The molecule has 0 unspecified atom stereocenters. The monoisotopic (exact) mass is 316 g/mol. The van der Waals surface area contributed by atoms with Crippen LogP contribution in [0.2, 0.25) is 5.02 Å². The third-order valence-corrected chi connectivity index (χ3v) is 3.88. The van der Waals surface area contributed by atoms with Crippen LogP contribution in [0.4, 0.5) is 0 Å². The van der Waals surface area contributed by atoms with Gasteiger partial charge in [0.2, 0.25) is 0 Å². The van der Waals surface area contributed by atoms with Crippen molar-refractivity contribution in [1.29, 1.82) is 0 Å². The van der Waals surface area contributed by atoms with Gasteiger partial charge in [-0.2, -0.15) is 0 Å². The van der Waals surface area contributed by atoms with E-state index in [1.165, 1.54) is 11.1 Å². The molecule has 2 aromatic rings. The van der Waals surface area contributed by atoms with Crippen LogP contribution in [0.15, 0.2) is 42.5 Å². The smallest absolute Gasteiger partial charge is 0.131 e. The second-order valence-electron chi connectivity index (χ2n) is 6.61. The molecule has 1 nitrogen and oxygen atoms in total. The van der Waals surface area contributed by atoms with Crippen molar-refractivity contribution in [1.82, 2.24) is 0 Å². The maximum absolute atomic E-state index is 6.48. The lowest BCUT2D eigenvalue weighted by Gasteiger charge is -2.19. The summed E-state index contributed by atoms with van der Waals surface area (Å²) in [5, 5.41) is 0.852. The van der Waals surface area contributed by atoms with E-state index < -0.39 is 0 Å². The molecule has 2 aromatic carbocycles. The quantitative estimate of drug-likeness (QED) is 0.588. The Bertz CT molecular complexity index is 603. The lowest BCUT2D eigenvalue weighted by Crippen LogP contribution is -2.06. The average molecular weight is 317 g/mol. The van der Waals surface area contributed by atoms with Gasteiger partial charge in [0.05, 0.1) is 0 Å². The maximum atomic E-state index is 6.48. The summed E-state index contributed by atoms with van der Waals surface area (Å²) in [6, 6.07) is 13.9. The molecule has 0 fully saturated rings. The van der Waals surface area contributed by atoms with Crippen molar-refractivity contribution in [2.24, 2.45) is 11.8 Å². The molecule has 0 bridgehead atoms. The molecule has 0 radical (unpaired) electrons. The zero-order chi connectivity index (χ0) is 16.1. The Labute approximate surface area is 139 Å². The molecule has 2 rings (SSSR count). The fourth-order valence-corrected chi connectivity index (χ4v) is 2.87. The minimum Gasteiger partial charge on any atom is -0.457 e. The number of hydrogen-bond donors (Lipinski definition) is 0. The molecule has 0 saturated heterocycles. The highest BCUT2D eigenvalue weighted by atomic mass is 35.5. The molecule has 0 aliphatic carbocycles. The summed E-state index contributed by atoms with van der Waals surface area (Å²) < 4.78 is 6.13. The van der Waals surface area contributed by atoms with Crippen LogP contribution in [-0.4, -0.2) is 0 Å². The van der Waals surface area contributed by atoms with Crippen molar-refractivity contribution in [2.75, 3.05) is 0 Å². The van der Waals surface area contributed by atoms with Crippen molar-refractivity contribution in [3.63, 3.8) is 0 Å². The van der Waals surface area contributed by atoms with E-state index in [2.05, 4.69) is 27.7 Å². The first-order valence-electron chi connectivity index (χ1n) is 8.00. The largest absolute Gasteiger partial charge is 0.457 e. The van der Waals surface area contributed by atoms with Crippen LogP contribution < -0.4 is 4.74 Å². The minimum absolute atomic E-state index is 0.558. The third-order valence-electron chi connectivity index (χ3n) is 3.53. The highest BCUT2D eigenvalue weighted by molar-refractivity contribution is 6.31. The lowest BCUT2D eigenvalue weighted by atomic mass is 9.92. The molecule has 2 heteroatoms. The molecule has 0 N–H and O–H groups in total. The molecule has 0 aliphatic heterocycles. The Hall–Kier alpha value is -1.47. The van der Waals surface area contributed by atoms with E-state index >= 15 is 0 Å². The molecule has 0 spiro atoms. The van der Waals surface area contributed by atoms with Crippen LogP contribution in [0, 0.1) is 11.8 Å². The number of halogens is 1. The normalized spacial score (nSPS) is 11.2. The maximum Gasteiger partial charge on any atom is 0.131 e. The molecule has 22 heavy (non-hydrogen) atoms. The van der Waals surface area contributed by atoms with E-state index in [9.17, 15) is 0 Å². The SMILES string of the molecule is CC(C)Cc1c(Cl)ccc(Oc2ccccc2)c1CC(C)C. The molecule has 0 atom stereocenters. The highest BCUT2D eigenvalue weighted by Crippen LogP contribution is 2.35. The van der Waals surface area contributed by atoms with E-state index in [0.717, 1.165) is 29.4 Å². The van der Waals surface area contributed by atoms with Crippen LogP contribution in [0.5, 0.6) is 11.5 Å². The molecular formula is C20H25ClO. The Morgan fingerprint density at radius 2 is 1.41 bits per heavy atom. The Balaban J connectivity index is 2.43. The number of ether oxygens (including phenoxy) is 1. The molecule has 0 aromatic heterocycles. The van der Waals surface area contributed by atoms with Gasteiger partial charge in [0, 0.05) is 5.02 Å². The zero-order valence-corrected chi connectivity index (χ0v) is 14.7. The van der Waals surface area contributed by atoms with Crippen LogP contribution in [-0.2, 0) is 12.8 Å². The standard InChI is InChI=1S/C20H25ClO/c1-14(2)12-17-18(13-15(3)4)20(11-10-19(17)21)22-16-8-6-5-7-9-16/h5-11,14-15H,12-13H2,1-4H3. The van der Waals surface area contributed by atoms with E-state index in [0.29, 0.717) is 11.8 Å². The summed E-state index contributed by atoms with van der Waals surface area (Å²) >= 11 is 6.48. The topological polar surface area (TPSA) is 9.23 Å². The predicted molar refractivity (Wildman–Crippen MR) is 95.1 cm³/mol. The number of rotatable bonds is 6. The molecule has 0 amide bonds. The van der Waals surface area contributed by atoms with Crippen molar-refractivity contribution < 1.29 is 4.74 Å². The van der Waals surface area contributed by atoms with E-state index in [1.807, 2.05) is 42.5 Å². The van der Waals surface area contributed by atoms with Crippen molar-refractivity contribution >= 4 is 11.6 Å². The van der Waals surface area contributed by atoms with Gasteiger partial charge in [-0.1, -0.05) is 57.5 Å². The van der Waals surface area contributed by atoms with Crippen LogP contribution in [0.1, 0.15) is 38.8 Å². The predicted octanol–water partition coefficient (Wildman–Crippen LogP) is 6.53. The van der Waals surface area contributed by atoms with E-state index in [-0.39, 0.29) is 0 Å². The zero-order valence-electron chi connectivity index (χ0n) is 13.9. The fraction of sp³-hybridized carbons (Fsp3) is 0.400. The summed E-state index contributed by atoms with van der Waals surface area (Å²) in [7, 11) is 0. The van der Waals surface area contributed by atoms with Gasteiger partial charge in [0.25, 0.3) is 0 Å². The van der Waals surface area contributed by atoms with Gasteiger partial charge in [-0.3, -0.25) is 0 Å². The third kappa shape index (κ3) is 4.51. The lowest BCUT2D eigenvalue weighted by molar-refractivity contribution is 0.468. The highest BCUT2D eigenvalue weighted by Gasteiger charge is 2.16. The second-order valence-corrected chi connectivity index (χ2v) is 7.02. The van der Waals surface area contributed by atoms with Gasteiger partial charge in [0.15, 0.2) is 0 Å². The summed E-state index contributed by atoms with van der Waals surface area (Å²) in [6.45, 7) is 8.90. The van der Waals surface area contributed by atoms with Gasteiger partial charge < -0.3 is 4.74 Å². The Morgan fingerprint density at radius 1 is 0.818 bits per heavy atom. The van der Waals surface area contributed by atoms with Crippen molar-refractivity contribution in [2.45, 2.75) is 40.5 Å². The van der Waals surface area contributed by atoms with E-state index in [4.69, 9.17) is 16.3 Å². The van der Waals surface area contributed by atoms with Gasteiger partial charge in [-0.25, -0.2) is 0 Å². The first kappa shape index (κ1) is 16.9. The van der Waals surface area contributed by atoms with Crippen LogP contribution in [0.25, 0.3) is 0 Å². The minimum atomic E-state index is 0.558. The van der Waals surface area contributed by atoms with Crippen LogP contribution in [0.3, 0.4) is 0 Å². The second kappa shape index (κ2) is 7.69.